The molecule has 0 aliphatic carbocycles. The second kappa shape index (κ2) is 6.92. The van der Waals surface area contributed by atoms with Crippen molar-refractivity contribution in [3.05, 3.63) is 54.1 Å². The predicted molar refractivity (Wildman–Crippen MR) is 94.8 cm³/mol. The maximum absolute atomic E-state index is 5.53. The zero-order valence-electron chi connectivity index (χ0n) is 11.8. The van der Waals surface area contributed by atoms with Gasteiger partial charge in [-0.3, -0.25) is 0 Å². The summed E-state index contributed by atoms with van der Waals surface area (Å²) in [7, 11) is 0. The molecule has 1 aliphatic heterocycles. The van der Waals surface area contributed by atoms with Gasteiger partial charge >= 0.3 is 0 Å². The van der Waals surface area contributed by atoms with Crippen molar-refractivity contribution in [2.45, 2.75) is 32.6 Å². The highest BCUT2D eigenvalue weighted by Gasteiger charge is 2.20. The van der Waals surface area contributed by atoms with Crippen molar-refractivity contribution in [3.8, 4) is 0 Å². The molecule has 0 amide bonds. The Balaban J connectivity index is 1.95. The normalized spacial score (nSPS) is 15.2. The summed E-state index contributed by atoms with van der Waals surface area (Å²) in [6.45, 7) is 4.69. The Labute approximate surface area is 146 Å². The number of halogens is 2. The van der Waals surface area contributed by atoms with E-state index in [-0.39, 0.29) is 6.04 Å². The molecular weight excluding hydrogens is 414 g/mol. The Morgan fingerprint density at radius 2 is 2.05 bits per heavy atom. The van der Waals surface area contributed by atoms with E-state index in [0.29, 0.717) is 0 Å². The lowest BCUT2D eigenvalue weighted by Crippen LogP contribution is -2.22. The van der Waals surface area contributed by atoms with E-state index < -0.39 is 0 Å². The van der Waals surface area contributed by atoms with Crippen molar-refractivity contribution in [2.75, 3.05) is 6.54 Å². The summed E-state index contributed by atoms with van der Waals surface area (Å²) in [6, 6.07) is 9.16. The van der Waals surface area contributed by atoms with Crippen LogP contribution < -0.4 is 5.32 Å². The molecule has 0 radical (unpaired) electrons. The molecule has 1 atom stereocenters. The van der Waals surface area contributed by atoms with Gasteiger partial charge in [0.1, 0.15) is 0 Å². The minimum Gasteiger partial charge on any atom is -0.372 e. The monoisotopic (exact) mass is 429 g/mol. The molecule has 3 rings (SSSR count). The van der Waals surface area contributed by atoms with Crippen LogP contribution in [0.15, 0.2) is 32.5 Å². The first-order chi connectivity index (χ1) is 10.2. The number of benzene rings is 1. The first-order valence-electron chi connectivity index (χ1n) is 7.06. The first kappa shape index (κ1) is 15.7. The van der Waals surface area contributed by atoms with Gasteiger partial charge in [-0.05, 0) is 67.6 Å². The molecule has 1 N–H and O–H groups in total. The summed E-state index contributed by atoms with van der Waals surface area (Å²) in [6.07, 6.45) is 1.12. The van der Waals surface area contributed by atoms with Crippen molar-refractivity contribution in [1.82, 2.24) is 5.32 Å². The van der Waals surface area contributed by atoms with Crippen LogP contribution in [0.5, 0.6) is 0 Å². The predicted octanol–water partition coefficient (Wildman–Crippen LogP) is 5.39. The Morgan fingerprint density at radius 3 is 2.76 bits per heavy atom. The van der Waals surface area contributed by atoms with E-state index in [2.05, 4.69) is 68.4 Å². The molecule has 5 heteroatoms. The van der Waals surface area contributed by atoms with Crippen LogP contribution in [0.4, 0.5) is 0 Å². The Morgan fingerprint density at radius 1 is 1.24 bits per heavy atom. The molecule has 21 heavy (non-hydrogen) atoms. The Kier molecular flexibility index (Phi) is 5.17. The van der Waals surface area contributed by atoms with Gasteiger partial charge in [-0.15, -0.1) is 11.3 Å². The zero-order chi connectivity index (χ0) is 14.8. The fourth-order valence-corrected chi connectivity index (χ4v) is 4.74. The van der Waals surface area contributed by atoms with E-state index in [1.165, 1.54) is 21.6 Å². The number of thiophene rings is 1. The fourth-order valence-electron chi connectivity index (χ4n) is 2.55. The van der Waals surface area contributed by atoms with Crippen molar-refractivity contribution in [2.24, 2.45) is 0 Å². The number of fused-ring (bicyclic) bond motifs is 1. The highest BCUT2D eigenvalue weighted by Crippen LogP contribution is 2.38. The van der Waals surface area contributed by atoms with Crippen molar-refractivity contribution in [1.29, 1.82) is 0 Å². The van der Waals surface area contributed by atoms with Crippen LogP contribution in [-0.2, 0) is 18.0 Å². The highest BCUT2D eigenvalue weighted by atomic mass is 79.9. The highest BCUT2D eigenvalue weighted by molar-refractivity contribution is 9.13. The van der Waals surface area contributed by atoms with Crippen molar-refractivity contribution < 1.29 is 4.74 Å². The van der Waals surface area contributed by atoms with Gasteiger partial charge in [0.25, 0.3) is 0 Å². The summed E-state index contributed by atoms with van der Waals surface area (Å²) < 4.78 is 7.79. The molecule has 1 aromatic carbocycles. The van der Waals surface area contributed by atoms with Crippen molar-refractivity contribution >= 4 is 43.2 Å². The lowest BCUT2D eigenvalue weighted by atomic mass is 10.00. The molecule has 2 heterocycles. The molecule has 0 bridgehead atoms. The fraction of sp³-hybridized carbons (Fsp3) is 0.375. The van der Waals surface area contributed by atoms with Crippen LogP contribution in [0.25, 0.3) is 0 Å². The summed E-state index contributed by atoms with van der Waals surface area (Å²) in [5, 5.41) is 3.66. The van der Waals surface area contributed by atoms with Gasteiger partial charge in [-0.2, -0.15) is 0 Å². The number of nitrogens with one attached hydrogen (secondary N) is 1. The number of ether oxygens (including phenoxy) is 1. The van der Waals surface area contributed by atoms with Crippen LogP contribution in [0.2, 0.25) is 0 Å². The summed E-state index contributed by atoms with van der Waals surface area (Å²) in [4.78, 5) is 1.32. The van der Waals surface area contributed by atoms with Crippen LogP contribution in [0.3, 0.4) is 0 Å². The van der Waals surface area contributed by atoms with E-state index in [9.17, 15) is 0 Å². The standard InChI is InChI=1S/C16H17Br2NOS/c1-2-5-19-15(14-7-13(17)16(18)21-14)10-3-4-11-8-20-9-12(11)6-10/h3-4,6-7,15,19H,2,5,8-9H2,1H3. The molecule has 1 aliphatic rings. The maximum atomic E-state index is 5.53. The van der Waals surface area contributed by atoms with E-state index in [1.54, 1.807) is 11.3 Å². The molecule has 0 fully saturated rings. The molecule has 0 saturated carbocycles. The smallest absolute Gasteiger partial charge is 0.0843 e. The van der Waals surface area contributed by atoms with Gasteiger partial charge in [-0.25, -0.2) is 0 Å². The summed E-state index contributed by atoms with van der Waals surface area (Å²) in [5.41, 5.74) is 3.96. The second-order valence-corrected chi connectivity index (χ2v) is 8.43. The minimum atomic E-state index is 0.239. The minimum absolute atomic E-state index is 0.239. The number of hydrogen-bond donors (Lipinski definition) is 1. The third-order valence-corrected chi connectivity index (χ3v) is 6.95. The SMILES string of the molecule is CCCNC(c1ccc2c(c1)COC2)c1cc(Br)c(Br)s1. The van der Waals surface area contributed by atoms with Gasteiger partial charge in [0.15, 0.2) is 0 Å². The van der Waals surface area contributed by atoms with Gasteiger partial charge in [0, 0.05) is 9.35 Å². The van der Waals surface area contributed by atoms with Gasteiger partial charge in [0.2, 0.25) is 0 Å². The average Bonchev–Trinajstić information content (AvgIpc) is 3.06. The lowest BCUT2D eigenvalue weighted by molar-refractivity contribution is 0.134. The zero-order valence-corrected chi connectivity index (χ0v) is 15.8. The third kappa shape index (κ3) is 3.42. The van der Waals surface area contributed by atoms with Crippen LogP contribution in [-0.4, -0.2) is 6.54 Å². The van der Waals surface area contributed by atoms with E-state index in [1.807, 2.05) is 0 Å². The van der Waals surface area contributed by atoms with Crippen LogP contribution in [0, 0.1) is 0 Å². The number of rotatable bonds is 5. The van der Waals surface area contributed by atoms with E-state index in [4.69, 9.17) is 4.74 Å². The first-order valence-corrected chi connectivity index (χ1v) is 9.47. The molecule has 112 valence electrons. The number of hydrogen-bond acceptors (Lipinski definition) is 3. The molecule has 2 nitrogen and oxygen atoms in total. The largest absolute Gasteiger partial charge is 0.372 e. The van der Waals surface area contributed by atoms with E-state index >= 15 is 0 Å². The average molecular weight is 431 g/mol. The Bertz CT molecular complexity index is 622. The van der Waals surface area contributed by atoms with E-state index in [0.717, 1.165) is 34.4 Å². The van der Waals surface area contributed by atoms with Gasteiger partial charge < -0.3 is 10.1 Å². The summed E-state index contributed by atoms with van der Waals surface area (Å²) in [5.74, 6) is 0. The quantitative estimate of drug-likeness (QED) is 0.686. The van der Waals surface area contributed by atoms with Gasteiger partial charge in [0.05, 0.1) is 23.0 Å². The Hall–Kier alpha value is -0.200. The lowest BCUT2D eigenvalue weighted by Gasteiger charge is -2.18. The van der Waals surface area contributed by atoms with Crippen LogP contribution in [0.1, 0.15) is 41.0 Å². The van der Waals surface area contributed by atoms with Crippen LogP contribution >= 0.6 is 43.2 Å². The molecule has 0 saturated heterocycles. The second-order valence-electron chi connectivity index (χ2n) is 5.18. The third-order valence-electron chi connectivity index (χ3n) is 3.63. The summed E-state index contributed by atoms with van der Waals surface area (Å²) >= 11 is 8.97. The molecule has 1 unspecified atom stereocenters. The molecular formula is C16H17Br2NOS. The molecule has 2 aromatic rings. The molecule has 0 spiro atoms. The van der Waals surface area contributed by atoms with Crippen molar-refractivity contribution in [3.63, 3.8) is 0 Å². The van der Waals surface area contributed by atoms with Gasteiger partial charge in [-0.1, -0.05) is 25.1 Å². The topological polar surface area (TPSA) is 21.3 Å². The maximum Gasteiger partial charge on any atom is 0.0843 e. The molecule has 1 aromatic heterocycles.